The Bertz CT molecular complexity index is 1820. The van der Waals surface area contributed by atoms with Crippen molar-refractivity contribution in [3.63, 3.8) is 0 Å². The number of imidazole rings is 2. The minimum atomic E-state index is -0.989. The summed E-state index contributed by atoms with van der Waals surface area (Å²) in [7, 11) is 1.24. The number of methoxy groups -OCH3 is 1. The lowest BCUT2D eigenvalue weighted by atomic mass is 10.00. The summed E-state index contributed by atoms with van der Waals surface area (Å²) in [5.41, 5.74) is 8.42. The molecule has 1 aliphatic heterocycles. The molecule has 4 heterocycles. The number of aromatic nitrogens is 6. The number of nitrogens with one attached hydrogen (secondary N) is 4. The third kappa shape index (κ3) is 8.25. The molecule has 48 heavy (non-hydrogen) atoms. The van der Waals surface area contributed by atoms with Crippen LogP contribution in [-0.2, 0) is 20.7 Å². The Kier molecular flexibility index (Phi) is 13.0. The normalized spacial score (nSPS) is 15.9. The van der Waals surface area contributed by atoms with Gasteiger partial charge in [0.2, 0.25) is 5.95 Å². The van der Waals surface area contributed by atoms with Crippen LogP contribution >= 0.6 is 36.4 Å². The molecule has 254 valence electrons. The van der Waals surface area contributed by atoms with Gasteiger partial charge in [0.25, 0.3) is 0 Å². The molecule has 17 nitrogen and oxygen atoms in total. The number of H-pyrrole nitrogens is 1. The molecular weight excluding hydrogens is 689 g/mol. The number of rotatable bonds is 10. The van der Waals surface area contributed by atoms with Gasteiger partial charge in [-0.2, -0.15) is 20.0 Å². The van der Waals surface area contributed by atoms with Gasteiger partial charge in [0.15, 0.2) is 17.2 Å². The highest BCUT2D eigenvalue weighted by Gasteiger charge is 2.36. The summed E-state index contributed by atoms with van der Waals surface area (Å²) in [5.74, 6) is -0.178. The predicted molar refractivity (Wildman–Crippen MR) is 180 cm³/mol. The number of piperidine rings is 1. The minimum absolute atomic E-state index is 0. The molecule has 20 heteroatoms. The molecule has 3 aromatic heterocycles. The van der Waals surface area contributed by atoms with E-state index in [0.29, 0.717) is 48.0 Å². The molecule has 0 bridgehead atoms. The molecule has 0 aliphatic carbocycles. The van der Waals surface area contributed by atoms with Gasteiger partial charge in [-0.15, -0.1) is 29.9 Å². The van der Waals surface area contributed by atoms with Crippen molar-refractivity contribution in [1.82, 2.24) is 34.9 Å². The van der Waals surface area contributed by atoms with Crippen molar-refractivity contribution >= 4 is 77.3 Å². The van der Waals surface area contributed by atoms with Crippen LogP contribution in [-0.4, -0.2) is 86.5 Å². The third-order valence-electron chi connectivity index (χ3n) is 7.20. The van der Waals surface area contributed by atoms with Gasteiger partial charge in [-0.3, -0.25) is 4.79 Å². The smallest absolute Gasteiger partial charge is 0.407 e. The van der Waals surface area contributed by atoms with Crippen molar-refractivity contribution in [2.24, 2.45) is 5.73 Å². The number of nitriles is 2. The zero-order chi connectivity index (χ0) is 32.8. The first kappa shape index (κ1) is 37.4. The summed E-state index contributed by atoms with van der Waals surface area (Å²) in [6, 6.07) is 5.76. The van der Waals surface area contributed by atoms with Crippen molar-refractivity contribution in [3.05, 3.63) is 52.8 Å². The van der Waals surface area contributed by atoms with E-state index in [-0.39, 0.29) is 60.0 Å². The van der Waals surface area contributed by atoms with E-state index in [4.69, 9.17) is 26.8 Å². The number of halogens is 3. The Balaban J connectivity index is 0.00000312. The molecule has 1 fully saturated rings. The van der Waals surface area contributed by atoms with Crippen LogP contribution in [0.15, 0.2) is 30.9 Å². The van der Waals surface area contributed by atoms with Gasteiger partial charge in [0.1, 0.15) is 18.2 Å². The minimum Gasteiger partial charge on any atom is -0.457 e. The van der Waals surface area contributed by atoms with Crippen molar-refractivity contribution in [3.8, 4) is 12.1 Å². The molecule has 5 rings (SSSR count). The average Bonchev–Trinajstić information content (AvgIpc) is 3.72. The second-order valence-corrected chi connectivity index (χ2v) is 10.6. The number of carbonyl (C=O) groups excluding carboxylic acids is 2. The summed E-state index contributed by atoms with van der Waals surface area (Å²) in [6.07, 6.45) is 3.44. The SMILES string of the molecule is CCNc1nc(Nc2cc(C#N)cc(N3CCC(NC(=O)OC)C(OC(=O)C(N)Cc4cnc[nH]4)C3)c2Cl)nn2c(C#N)cnc12.Cl.Cl. The van der Waals surface area contributed by atoms with Crippen molar-refractivity contribution < 1.29 is 19.1 Å². The van der Waals surface area contributed by atoms with Crippen LogP contribution in [0.3, 0.4) is 0 Å². The zero-order valence-electron chi connectivity index (χ0n) is 25.6. The molecule has 0 radical (unpaired) electrons. The van der Waals surface area contributed by atoms with Crippen molar-refractivity contribution in [1.29, 1.82) is 10.5 Å². The standard InChI is InChI=1S/C28H30ClN13O4.2ClH/c1-3-34-24-25-35-12-17(10-31)42(25)40-27(39-24)37-20-6-15(9-30)7-21(23(20)29)41-5-4-19(38-28(44)45-2)22(13-41)46-26(43)18(32)8-16-11-33-14-36-16;;/h6-7,11-12,14,18-19,22H,3-5,8,13,32H2,1-2H3,(H,33,36)(H,38,44)(H2,34,37,39,40);2*1H. The number of nitrogens with zero attached hydrogens (tertiary/aromatic N) is 8. The average molecular weight is 721 g/mol. The summed E-state index contributed by atoms with van der Waals surface area (Å²) < 4.78 is 12.0. The Morgan fingerprint density at radius 3 is 2.71 bits per heavy atom. The van der Waals surface area contributed by atoms with Crippen LogP contribution < -0.4 is 26.6 Å². The monoisotopic (exact) mass is 719 g/mol. The zero-order valence-corrected chi connectivity index (χ0v) is 28.0. The summed E-state index contributed by atoms with van der Waals surface area (Å²) >= 11 is 6.92. The van der Waals surface area contributed by atoms with E-state index in [9.17, 15) is 20.1 Å². The number of hydrogen-bond acceptors (Lipinski definition) is 14. The second-order valence-electron chi connectivity index (χ2n) is 10.2. The molecule has 1 aliphatic rings. The van der Waals surface area contributed by atoms with Crippen LogP contribution in [0.1, 0.15) is 30.3 Å². The van der Waals surface area contributed by atoms with E-state index in [2.05, 4.69) is 47.1 Å². The molecule has 3 atom stereocenters. The van der Waals surface area contributed by atoms with Gasteiger partial charge in [-0.1, -0.05) is 11.6 Å². The Hall–Kier alpha value is -5.07. The van der Waals surface area contributed by atoms with Crippen molar-refractivity contribution in [2.45, 2.75) is 38.0 Å². The summed E-state index contributed by atoms with van der Waals surface area (Å²) in [4.78, 5) is 42.5. The van der Waals surface area contributed by atoms with Crippen LogP contribution in [0.2, 0.25) is 5.02 Å². The molecular formula is C28H32Cl3N13O4. The molecule has 1 amide bonds. The van der Waals surface area contributed by atoms with Crippen LogP contribution in [0.4, 0.5) is 27.9 Å². The van der Waals surface area contributed by atoms with E-state index in [0.717, 1.165) is 0 Å². The number of benzene rings is 1. The quantitative estimate of drug-likeness (QED) is 0.148. The molecule has 1 aromatic carbocycles. The van der Waals surface area contributed by atoms with E-state index in [1.54, 1.807) is 18.3 Å². The Morgan fingerprint density at radius 1 is 1.25 bits per heavy atom. The van der Waals surface area contributed by atoms with E-state index in [1.165, 1.54) is 24.1 Å². The molecule has 3 unspecified atom stereocenters. The second kappa shape index (κ2) is 16.7. The first-order valence-corrected chi connectivity index (χ1v) is 14.6. The predicted octanol–water partition coefficient (Wildman–Crippen LogP) is 2.68. The number of esters is 1. The topological polar surface area (TPSA) is 237 Å². The van der Waals surface area contributed by atoms with Crippen molar-refractivity contribution in [2.75, 3.05) is 42.3 Å². The van der Waals surface area contributed by atoms with Gasteiger partial charge in [-0.25, -0.2) is 14.8 Å². The number of anilines is 4. The van der Waals surface area contributed by atoms with Crippen LogP contribution in [0.25, 0.3) is 5.65 Å². The van der Waals surface area contributed by atoms with Crippen LogP contribution in [0, 0.1) is 22.7 Å². The number of aromatic amines is 1. The number of amides is 1. The van der Waals surface area contributed by atoms with Gasteiger partial charge in [0.05, 0.1) is 60.3 Å². The lowest BCUT2D eigenvalue weighted by molar-refractivity contribution is -0.152. The van der Waals surface area contributed by atoms with Gasteiger partial charge in [0, 0.05) is 31.4 Å². The molecule has 1 saturated heterocycles. The fourth-order valence-corrected chi connectivity index (χ4v) is 5.27. The number of carbonyl (C=O) groups is 2. The molecule has 0 spiro atoms. The first-order chi connectivity index (χ1) is 22.2. The van der Waals surface area contributed by atoms with E-state index < -0.39 is 30.3 Å². The fourth-order valence-electron chi connectivity index (χ4n) is 5.00. The maximum atomic E-state index is 13.0. The maximum absolute atomic E-state index is 13.0. The summed E-state index contributed by atoms with van der Waals surface area (Å²) in [5, 5.41) is 32.9. The van der Waals surface area contributed by atoms with Crippen LogP contribution in [0.5, 0.6) is 0 Å². The third-order valence-corrected chi connectivity index (χ3v) is 7.60. The highest BCUT2D eigenvalue weighted by atomic mass is 35.5. The van der Waals surface area contributed by atoms with E-state index >= 15 is 0 Å². The molecule has 6 N–H and O–H groups in total. The molecule has 4 aromatic rings. The number of hydrogen-bond donors (Lipinski definition) is 5. The fraction of sp³-hybridized carbons (Fsp3) is 0.357. The Morgan fingerprint density at radius 2 is 2.04 bits per heavy atom. The highest BCUT2D eigenvalue weighted by molar-refractivity contribution is 6.36. The first-order valence-electron chi connectivity index (χ1n) is 14.2. The summed E-state index contributed by atoms with van der Waals surface area (Å²) in [6.45, 7) is 2.92. The lowest BCUT2D eigenvalue weighted by Gasteiger charge is -2.40. The highest BCUT2D eigenvalue weighted by Crippen LogP contribution is 2.37. The number of ether oxygens (including phenoxy) is 2. The maximum Gasteiger partial charge on any atom is 0.407 e. The molecule has 0 saturated carbocycles. The van der Waals surface area contributed by atoms with E-state index in [1.807, 2.05) is 17.9 Å². The van der Waals surface area contributed by atoms with Gasteiger partial charge < -0.3 is 41.0 Å². The van der Waals surface area contributed by atoms with Gasteiger partial charge >= 0.3 is 12.1 Å². The van der Waals surface area contributed by atoms with Gasteiger partial charge in [-0.05, 0) is 25.5 Å². The number of fused-ring (bicyclic) bond motifs is 1. The lowest BCUT2D eigenvalue weighted by Crippen LogP contribution is -2.56. The Labute approximate surface area is 292 Å². The number of nitrogens with two attached hydrogens (primary N) is 1. The number of alkyl carbamates (subject to hydrolysis) is 1. The largest absolute Gasteiger partial charge is 0.457 e.